The molecule has 0 saturated carbocycles. The minimum atomic E-state index is -0.0380. The maximum absolute atomic E-state index is 11.8. The molecule has 4 N–H and O–H groups in total. The first-order chi connectivity index (χ1) is 13.2. The maximum Gasteiger partial charge on any atom is 0.230 e. The van der Waals surface area contributed by atoms with E-state index in [4.69, 9.17) is 9.93 Å². The van der Waals surface area contributed by atoms with Gasteiger partial charge in [0.25, 0.3) is 0 Å². The fraction of sp³-hybridized carbons (Fsp3) is 0.474. The Labute approximate surface area is 157 Å². The Morgan fingerprint density at radius 3 is 2.85 bits per heavy atom. The van der Waals surface area contributed by atoms with Gasteiger partial charge in [0.05, 0.1) is 5.92 Å². The second kappa shape index (κ2) is 7.87. The number of hydrogen-bond acceptors (Lipinski definition) is 7. The lowest BCUT2D eigenvalue weighted by Crippen LogP contribution is -2.26. The van der Waals surface area contributed by atoms with Gasteiger partial charge in [0.1, 0.15) is 0 Å². The van der Waals surface area contributed by atoms with Gasteiger partial charge in [0.15, 0.2) is 0 Å². The highest BCUT2D eigenvalue weighted by atomic mass is 16.5. The van der Waals surface area contributed by atoms with E-state index in [1.807, 2.05) is 18.2 Å². The third-order valence-electron chi connectivity index (χ3n) is 5.30. The van der Waals surface area contributed by atoms with Crippen molar-refractivity contribution in [1.29, 1.82) is 5.41 Å². The van der Waals surface area contributed by atoms with Gasteiger partial charge in [-0.05, 0) is 38.4 Å². The fourth-order valence-electron chi connectivity index (χ4n) is 3.63. The van der Waals surface area contributed by atoms with Crippen LogP contribution in [0.25, 0.3) is 11.4 Å². The van der Waals surface area contributed by atoms with E-state index in [9.17, 15) is 4.79 Å². The zero-order valence-corrected chi connectivity index (χ0v) is 15.1. The van der Waals surface area contributed by atoms with Gasteiger partial charge in [0.2, 0.25) is 17.6 Å². The summed E-state index contributed by atoms with van der Waals surface area (Å²) < 4.78 is 5.50. The highest BCUT2D eigenvalue weighted by Crippen LogP contribution is 2.28. The van der Waals surface area contributed by atoms with Crippen molar-refractivity contribution >= 4 is 17.8 Å². The largest absolute Gasteiger partial charge is 0.384 e. The van der Waals surface area contributed by atoms with Crippen molar-refractivity contribution in [1.82, 2.24) is 20.8 Å². The summed E-state index contributed by atoms with van der Waals surface area (Å²) in [7, 11) is 0. The summed E-state index contributed by atoms with van der Waals surface area (Å²) >= 11 is 0. The molecular formula is C19H24N6O2. The molecule has 3 heterocycles. The zero-order valence-electron chi connectivity index (χ0n) is 15.1. The number of hydrogen-bond donors (Lipinski definition) is 4. The van der Waals surface area contributed by atoms with Gasteiger partial charge in [-0.15, -0.1) is 0 Å². The monoisotopic (exact) mass is 368 g/mol. The van der Waals surface area contributed by atoms with E-state index in [1.54, 1.807) is 0 Å². The molecule has 2 aliphatic rings. The number of nitrogens with zero attached hydrogens (tertiary/aromatic N) is 2. The summed E-state index contributed by atoms with van der Waals surface area (Å²) in [6, 6.07) is 5.68. The van der Waals surface area contributed by atoms with Crippen molar-refractivity contribution in [2.24, 2.45) is 5.92 Å². The summed E-state index contributed by atoms with van der Waals surface area (Å²) in [6.07, 6.45) is 4.14. The summed E-state index contributed by atoms with van der Waals surface area (Å²) in [5.74, 6) is 1.61. The fourth-order valence-corrected chi connectivity index (χ4v) is 3.63. The van der Waals surface area contributed by atoms with Crippen molar-refractivity contribution in [3.63, 3.8) is 0 Å². The van der Waals surface area contributed by atoms with Gasteiger partial charge < -0.3 is 25.9 Å². The molecule has 1 aromatic heterocycles. The van der Waals surface area contributed by atoms with E-state index in [1.165, 1.54) is 6.21 Å². The molecule has 0 aliphatic carbocycles. The molecule has 1 aromatic carbocycles. The van der Waals surface area contributed by atoms with Gasteiger partial charge in [-0.3, -0.25) is 4.79 Å². The number of piperidine rings is 1. The molecule has 8 heteroatoms. The Kier molecular flexibility index (Phi) is 5.15. The summed E-state index contributed by atoms with van der Waals surface area (Å²) in [6.45, 7) is 3.21. The lowest BCUT2D eigenvalue weighted by atomic mass is 9.98. The molecule has 2 fully saturated rings. The highest BCUT2D eigenvalue weighted by Gasteiger charge is 2.24. The van der Waals surface area contributed by atoms with Crippen LogP contribution in [0.15, 0.2) is 22.7 Å². The Morgan fingerprint density at radius 1 is 1.26 bits per heavy atom. The van der Waals surface area contributed by atoms with Crippen molar-refractivity contribution in [3.8, 4) is 11.4 Å². The van der Waals surface area contributed by atoms with Gasteiger partial charge in [-0.1, -0.05) is 17.3 Å². The van der Waals surface area contributed by atoms with Crippen LogP contribution >= 0.6 is 0 Å². The molecule has 0 spiro atoms. The molecule has 142 valence electrons. The summed E-state index contributed by atoms with van der Waals surface area (Å²) in [4.78, 5) is 16.4. The average molecular weight is 368 g/mol. The third-order valence-corrected chi connectivity index (χ3v) is 5.30. The van der Waals surface area contributed by atoms with Crippen LogP contribution in [-0.2, 0) is 4.79 Å². The van der Waals surface area contributed by atoms with Crippen molar-refractivity contribution in [3.05, 3.63) is 29.7 Å². The molecule has 4 rings (SSSR count). The van der Waals surface area contributed by atoms with Crippen LogP contribution in [-0.4, -0.2) is 48.4 Å². The Hall–Kier alpha value is -2.74. The number of carbonyl (C=O) groups excluding carboxylic acids is 1. The first-order valence-corrected chi connectivity index (χ1v) is 9.45. The standard InChI is InChI=1S/C19H24N6O2/c20-10-14-2-1-13(9-16(14)23-11-15-5-8-22-18(15)26)17-24-19(27-25-17)12-3-6-21-7-4-12/h1-2,9-10,12,15,20-21,23H,3-8,11H2,(H,22,26). The highest BCUT2D eigenvalue weighted by molar-refractivity contribution is 5.88. The van der Waals surface area contributed by atoms with E-state index >= 15 is 0 Å². The van der Waals surface area contributed by atoms with Gasteiger partial charge >= 0.3 is 0 Å². The van der Waals surface area contributed by atoms with E-state index in [-0.39, 0.29) is 11.8 Å². The number of carbonyl (C=O) groups is 1. The minimum Gasteiger partial charge on any atom is -0.384 e. The molecule has 1 amide bonds. The van der Waals surface area contributed by atoms with E-state index in [2.05, 4.69) is 26.1 Å². The number of nitrogens with one attached hydrogen (secondary N) is 4. The smallest absolute Gasteiger partial charge is 0.230 e. The first-order valence-electron chi connectivity index (χ1n) is 9.45. The molecule has 1 unspecified atom stereocenters. The Morgan fingerprint density at radius 2 is 2.11 bits per heavy atom. The van der Waals surface area contributed by atoms with Crippen molar-refractivity contribution in [2.45, 2.75) is 25.2 Å². The van der Waals surface area contributed by atoms with E-state index in [0.29, 0.717) is 24.2 Å². The quantitative estimate of drug-likeness (QED) is 0.577. The van der Waals surface area contributed by atoms with E-state index in [0.717, 1.165) is 55.7 Å². The second-order valence-electron chi connectivity index (χ2n) is 7.08. The Bertz CT molecular complexity index is 827. The van der Waals surface area contributed by atoms with E-state index < -0.39 is 0 Å². The van der Waals surface area contributed by atoms with Gasteiger partial charge in [-0.2, -0.15) is 4.98 Å². The van der Waals surface area contributed by atoms with Gasteiger partial charge in [0, 0.05) is 42.0 Å². The minimum absolute atomic E-state index is 0.0380. The van der Waals surface area contributed by atoms with Crippen LogP contribution < -0.4 is 16.0 Å². The molecule has 1 atom stereocenters. The molecule has 8 nitrogen and oxygen atoms in total. The molecule has 2 aromatic rings. The number of aromatic nitrogens is 2. The normalized spacial score (nSPS) is 20.4. The molecule has 2 aliphatic heterocycles. The summed E-state index contributed by atoms with van der Waals surface area (Å²) in [5, 5.41) is 21.3. The zero-order chi connectivity index (χ0) is 18.6. The molecule has 27 heavy (non-hydrogen) atoms. The van der Waals surface area contributed by atoms with Gasteiger partial charge in [-0.25, -0.2) is 0 Å². The molecule has 0 bridgehead atoms. The first kappa shape index (κ1) is 17.7. The van der Waals surface area contributed by atoms with Crippen LogP contribution in [0.3, 0.4) is 0 Å². The molecule has 0 radical (unpaired) electrons. The topological polar surface area (TPSA) is 116 Å². The Balaban J connectivity index is 1.52. The van der Waals surface area contributed by atoms with Crippen molar-refractivity contribution < 1.29 is 9.32 Å². The lowest BCUT2D eigenvalue weighted by molar-refractivity contribution is -0.122. The van der Waals surface area contributed by atoms with Crippen LogP contribution in [0.5, 0.6) is 0 Å². The predicted octanol–water partition coefficient (Wildman–Crippen LogP) is 1.75. The third kappa shape index (κ3) is 3.85. The number of benzene rings is 1. The van der Waals surface area contributed by atoms with Crippen molar-refractivity contribution in [2.75, 3.05) is 31.5 Å². The number of rotatable bonds is 6. The van der Waals surface area contributed by atoms with Crippen LogP contribution in [0.1, 0.15) is 36.6 Å². The molecule has 2 saturated heterocycles. The maximum atomic E-state index is 11.8. The lowest BCUT2D eigenvalue weighted by Gasteiger charge is -2.18. The van der Waals surface area contributed by atoms with Crippen LogP contribution in [0.2, 0.25) is 0 Å². The average Bonchev–Trinajstić information content (AvgIpc) is 3.36. The number of anilines is 1. The number of amides is 1. The van der Waals surface area contributed by atoms with Crippen LogP contribution in [0, 0.1) is 11.3 Å². The second-order valence-corrected chi connectivity index (χ2v) is 7.08. The predicted molar refractivity (Wildman–Crippen MR) is 102 cm³/mol. The SMILES string of the molecule is N=Cc1ccc(-c2noc(C3CCNCC3)n2)cc1NCC1CCNC1=O. The molecular weight excluding hydrogens is 344 g/mol. The van der Waals surface area contributed by atoms with Crippen LogP contribution in [0.4, 0.5) is 5.69 Å². The summed E-state index contributed by atoms with van der Waals surface area (Å²) in [5.41, 5.74) is 2.40.